The topological polar surface area (TPSA) is 81.1 Å². The van der Waals surface area contributed by atoms with Gasteiger partial charge in [-0.1, -0.05) is 6.42 Å². The van der Waals surface area contributed by atoms with Crippen molar-refractivity contribution in [3.05, 3.63) is 7.05 Å². The highest BCUT2D eigenvalue weighted by Gasteiger charge is 2.09. The minimum Gasteiger partial charge on any atom is -0.353 e. The first-order valence-electron chi connectivity index (χ1n) is 3.75. The fraction of sp³-hybridized carbons (Fsp3) is 0.714. The number of nitrogens with one attached hydrogen (secondary N) is 1. The number of carbonyl (C=O) groups is 1. The zero-order chi connectivity index (χ0) is 8.69. The third-order valence-corrected chi connectivity index (χ3v) is 1.48. The minimum atomic E-state index is -0.431. The molecule has 0 spiro atoms. The van der Waals surface area contributed by atoms with Gasteiger partial charge in [0.25, 0.3) is 0 Å². The summed E-state index contributed by atoms with van der Waals surface area (Å²) in [6.07, 6.45) is 2.49. The van der Waals surface area contributed by atoms with Gasteiger partial charge in [-0.15, -0.1) is 0 Å². The van der Waals surface area contributed by atoms with Gasteiger partial charge in [0.2, 0.25) is 5.91 Å². The largest absolute Gasteiger partial charge is 0.353 e. The summed E-state index contributed by atoms with van der Waals surface area (Å²) in [5, 5.41) is 2.25. The van der Waals surface area contributed by atoms with E-state index in [1.807, 2.05) is 0 Å². The highest BCUT2D eigenvalue weighted by Crippen LogP contribution is 1.97. The van der Waals surface area contributed by atoms with Crippen LogP contribution < -0.4 is 16.8 Å². The average molecular weight is 158 g/mol. The Kier molecular flexibility index (Phi) is 5.78. The number of hydrogen-bond donors (Lipinski definition) is 3. The fourth-order valence-electron chi connectivity index (χ4n) is 0.771. The molecule has 11 heavy (non-hydrogen) atoms. The van der Waals surface area contributed by atoms with Gasteiger partial charge in [0.15, 0.2) is 0 Å². The standard InChI is InChI=1S/C7H16N3O/c1-10-7(11)6(9)4-2-3-5-8/h6H,1-5,8-9H2,(H,10,11). The van der Waals surface area contributed by atoms with Crippen LogP contribution in [0.15, 0.2) is 0 Å². The fourth-order valence-corrected chi connectivity index (χ4v) is 0.771. The van der Waals surface area contributed by atoms with E-state index in [2.05, 4.69) is 12.4 Å². The monoisotopic (exact) mass is 158 g/mol. The Bertz CT molecular complexity index is 116. The van der Waals surface area contributed by atoms with E-state index in [1.165, 1.54) is 0 Å². The molecule has 4 nitrogen and oxygen atoms in total. The quantitative estimate of drug-likeness (QED) is 0.465. The van der Waals surface area contributed by atoms with E-state index in [-0.39, 0.29) is 5.91 Å². The molecular weight excluding hydrogens is 142 g/mol. The molecule has 0 aromatic heterocycles. The van der Waals surface area contributed by atoms with Gasteiger partial charge in [0.1, 0.15) is 0 Å². The lowest BCUT2D eigenvalue weighted by atomic mass is 10.1. The maximum atomic E-state index is 10.8. The van der Waals surface area contributed by atoms with Crippen LogP contribution in [0.1, 0.15) is 19.3 Å². The number of hydrogen-bond acceptors (Lipinski definition) is 3. The summed E-state index contributed by atoms with van der Waals surface area (Å²) in [4.78, 5) is 10.8. The summed E-state index contributed by atoms with van der Waals surface area (Å²) in [6.45, 7) is 0.652. The number of nitrogens with two attached hydrogens (primary N) is 2. The zero-order valence-electron chi connectivity index (χ0n) is 6.68. The third-order valence-electron chi connectivity index (χ3n) is 1.48. The molecule has 0 aromatic carbocycles. The molecule has 0 rings (SSSR count). The predicted molar refractivity (Wildman–Crippen MR) is 44.4 cm³/mol. The van der Waals surface area contributed by atoms with Crippen molar-refractivity contribution in [2.24, 2.45) is 11.5 Å². The average Bonchev–Trinajstić information content (AvgIpc) is 2.03. The SMILES string of the molecule is [CH2]NC(=O)C(N)CCCCN. The van der Waals surface area contributed by atoms with Crippen LogP contribution in [0.4, 0.5) is 0 Å². The van der Waals surface area contributed by atoms with Gasteiger partial charge in [-0.25, -0.2) is 0 Å². The van der Waals surface area contributed by atoms with E-state index in [9.17, 15) is 4.79 Å². The van der Waals surface area contributed by atoms with E-state index in [0.29, 0.717) is 13.0 Å². The van der Waals surface area contributed by atoms with Crippen molar-refractivity contribution in [1.29, 1.82) is 0 Å². The number of carbonyl (C=O) groups excluding carboxylic acids is 1. The molecule has 0 bridgehead atoms. The van der Waals surface area contributed by atoms with Crippen LogP contribution in [0.25, 0.3) is 0 Å². The molecular formula is C7H16N3O. The Morgan fingerprint density at radius 2 is 2.18 bits per heavy atom. The molecule has 0 saturated carbocycles. The Balaban J connectivity index is 3.36. The summed E-state index contributed by atoms with van der Waals surface area (Å²) in [5.74, 6) is -0.206. The van der Waals surface area contributed by atoms with Gasteiger partial charge in [-0.2, -0.15) is 0 Å². The normalized spacial score (nSPS) is 12.6. The van der Waals surface area contributed by atoms with Crippen LogP contribution >= 0.6 is 0 Å². The number of rotatable bonds is 5. The third kappa shape index (κ3) is 4.75. The molecule has 1 radical (unpaired) electrons. The maximum absolute atomic E-state index is 10.8. The Morgan fingerprint density at radius 3 is 2.64 bits per heavy atom. The highest BCUT2D eigenvalue weighted by molar-refractivity contribution is 5.81. The van der Waals surface area contributed by atoms with Crippen molar-refractivity contribution in [3.8, 4) is 0 Å². The van der Waals surface area contributed by atoms with Gasteiger partial charge < -0.3 is 16.8 Å². The van der Waals surface area contributed by atoms with Gasteiger partial charge in [0.05, 0.1) is 6.04 Å². The first-order chi connectivity index (χ1) is 5.22. The summed E-state index contributed by atoms with van der Waals surface area (Å²) in [6, 6.07) is -0.431. The van der Waals surface area contributed by atoms with Crippen LogP contribution in [-0.4, -0.2) is 18.5 Å². The van der Waals surface area contributed by atoms with Gasteiger partial charge >= 0.3 is 0 Å². The van der Waals surface area contributed by atoms with E-state index in [0.717, 1.165) is 12.8 Å². The molecule has 0 heterocycles. The maximum Gasteiger partial charge on any atom is 0.236 e. The van der Waals surface area contributed by atoms with Gasteiger partial charge in [-0.05, 0) is 19.4 Å². The Labute approximate surface area is 67.3 Å². The minimum absolute atomic E-state index is 0.206. The van der Waals surface area contributed by atoms with E-state index in [4.69, 9.17) is 11.5 Å². The first-order valence-corrected chi connectivity index (χ1v) is 3.75. The molecule has 0 aromatic rings. The van der Waals surface area contributed by atoms with Gasteiger partial charge in [-0.3, -0.25) is 4.79 Å². The number of unbranched alkanes of at least 4 members (excludes halogenated alkanes) is 1. The van der Waals surface area contributed by atoms with E-state index >= 15 is 0 Å². The molecule has 0 aliphatic heterocycles. The predicted octanol–water partition coefficient (Wildman–Crippen LogP) is -0.650. The zero-order valence-corrected chi connectivity index (χ0v) is 6.68. The molecule has 0 aliphatic carbocycles. The van der Waals surface area contributed by atoms with E-state index in [1.54, 1.807) is 0 Å². The van der Waals surface area contributed by atoms with Crippen LogP contribution in [0.5, 0.6) is 0 Å². The molecule has 0 fully saturated rings. The lowest BCUT2D eigenvalue weighted by Crippen LogP contribution is -2.37. The molecule has 1 atom stereocenters. The van der Waals surface area contributed by atoms with Crippen LogP contribution in [0.2, 0.25) is 0 Å². The Hall–Kier alpha value is -0.610. The second-order valence-corrected chi connectivity index (χ2v) is 2.43. The molecule has 1 amide bonds. The molecule has 0 aliphatic rings. The van der Waals surface area contributed by atoms with Crippen LogP contribution in [-0.2, 0) is 4.79 Å². The van der Waals surface area contributed by atoms with Crippen LogP contribution in [0, 0.1) is 7.05 Å². The van der Waals surface area contributed by atoms with Crippen molar-refractivity contribution in [3.63, 3.8) is 0 Å². The lowest BCUT2D eigenvalue weighted by Gasteiger charge is -2.08. The molecule has 1 unspecified atom stereocenters. The van der Waals surface area contributed by atoms with Crippen molar-refractivity contribution in [2.45, 2.75) is 25.3 Å². The summed E-state index contributed by atoms with van der Waals surface area (Å²) < 4.78 is 0. The molecule has 5 N–H and O–H groups in total. The number of amides is 1. The second-order valence-electron chi connectivity index (χ2n) is 2.43. The molecule has 4 heteroatoms. The smallest absolute Gasteiger partial charge is 0.236 e. The van der Waals surface area contributed by atoms with Crippen LogP contribution in [0.3, 0.4) is 0 Å². The summed E-state index contributed by atoms with van der Waals surface area (Å²) in [5.41, 5.74) is 10.7. The van der Waals surface area contributed by atoms with Crippen molar-refractivity contribution in [1.82, 2.24) is 5.32 Å². The highest BCUT2D eigenvalue weighted by atomic mass is 16.2. The van der Waals surface area contributed by atoms with Crippen molar-refractivity contribution >= 4 is 5.91 Å². The second kappa shape index (κ2) is 6.12. The summed E-state index contributed by atoms with van der Waals surface area (Å²) >= 11 is 0. The van der Waals surface area contributed by atoms with Gasteiger partial charge in [0, 0.05) is 7.05 Å². The van der Waals surface area contributed by atoms with Crippen molar-refractivity contribution in [2.75, 3.05) is 6.54 Å². The molecule has 0 saturated heterocycles. The van der Waals surface area contributed by atoms with E-state index < -0.39 is 6.04 Å². The molecule has 65 valence electrons. The first kappa shape index (κ1) is 10.4. The summed E-state index contributed by atoms with van der Waals surface area (Å²) in [7, 11) is 3.23. The van der Waals surface area contributed by atoms with Crippen molar-refractivity contribution < 1.29 is 4.79 Å². The Morgan fingerprint density at radius 1 is 1.55 bits per heavy atom. The lowest BCUT2D eigenvalue weighted by molar-refractivity contribution is -0.121.